The highest BCUT2D eigenvalue weighted by Crippen LogP contribution is 2.04. The van der Waals surface area contributed by atoms with Crippen molar-refractivity contribution in [3.05, 3.63) is 60.2 Å². The van der Waals surface area contributed by atoms with E-state index in [-0.39, 0.29) is 24.8 Å². The van der Waals surface area contributed by atoms with E-state index in [0.29, 0.717) is 19.5 Å². The van der Waals surface area contributed by atoms with Crippen LogP contribution in [-0.4, -0.2) is 39.6 Å². The molecule has 0 aliphatic carbocycles. The van der Waals surface area contributed by atoms with Crippen molar-refractivity contribution in [1.29, 1.82) is 0 Å². The Morgan fingerprint density at radius 2 is 1.75 bits per heavy atom. The fraction of sp³-hybridized carbons (Fsp3) is 0.333. The second kappa shape index (κ2) is 9.52. The number of amides is 1. The third-order valence-corrected chi connectivity index (χ3v) is 3.54. The zero-order valence-electron chi connectivity index (χ0n) is 13.8. The maximum Gasteiger partial charge on any atom is 0.237 e. The van der Waals surface area contributed by atoms with Gasteiger partial charge in [0.25, 0.3) is 0 Å². The number of nitrogens with one attached hydrogen (secondary N) is 1. The normalized spacial score (nSPS) is 10.4. The van der Waals surface area contributed by atoms with Crippen LogP contribution in [0.5, 0.6) is 0 Å². The maximum absolute atomic E-state index is 12.5. The molecular formula is C18H22N4O2. The van der Waals surface area contributed by atoms with Gasteiger partial charge in [-0.25, -0.2) is 0 Å². The summed E-state index contributed by atoms with van der Waals surface area (Å²) in [7, 11) is 0. The van der Waals surface area contributed by atoms with E-state index in [4.69, 9.17) is 0 Å². The Bertz CT molecular complexity index is 647. The number of rotatable bonds is 9. The van der Waals surface area contributed by atoms with Crippen molar-refractivity contribution >= 4 is 11.7 Å². The zero-order valence-corrected chi connectivity index (χ0v) is 13.8. The molecule has 0 bridgehead atoms. The number of pyridine rings is 2. The lowest BCUT2D eigenvalue weighted by Gasteiger charge is -2.22. The second-order valence-electron chi connectivity index (χ2n) is 5.47. The Balaban J connectivity index is 1.92. The van der Waals surface area contributed by atoms with Crippen LogP contribution in [-0.2, 0) is 22.7 Å². The third-order valence-electron chi connectivity index (χ3n) is 3.54. The van der Waals surface area contributed by atoms with Gasteiger partial charge < -0.3 is 10.2 Å². The van der Waals surface area contributed by atoms with Gasteiger partial charge in [-0.2, -0.15) is 0 Å². The molecule has 0 spiro atoms. The molecule has 0 radical (unpaired) electrons. The van der Waals surface area contributed by atoms with E-state index < -0.39 is 0 Å². The highest BCUT2D eigenvalue weighted by Gasteiger charge is 2.16. The topological polar surface area (TPSA) is 75.2 Å². The first-order valence-corrected chi connectivity index (χ1v) is 7.97. The molecule has 126 valence electrons. The van der Waals surface area contributed by atoms with E-state index >= 15 is 0 Å². The van der Waals surface area contributed by atoms with Gasteiger partial charge in [0.2, 0.25) is 5.91 Å². The average Bonchev–Trinajstić information content (AvgIpc) is 2.62. The number of nitrogens with zero attached hydrogens (tertiary/aromatic N) is 3. The third kappa shape index (κ3) is 5.89. The van der Waals surface area contributed by atoms with Crippen LogP contribution in [0.4, 0.5) is 0 Å². The van der Waals surface area contributed by atoms with E-state index in [0.717, 1.165) is 11.1 Å². The summed E-state index contributed by atoms with van der Waals surface area (Å²) in [6.07, 6.45) is 7.27. The fourth-order valence-electron chi connectivity index (χ4n) is 2.20. The number of hydrogen-bond acceptors (Lipinski definition) is 5. The number of aromatic nitrogens is 2. The summed E-state index contributed by atoms with van der Waals surface area (Å²) >= 11 is 0. The van der Waals surface area contributed by atoms with Gasteiger partial charge in [-0.15, -0.1) is 0 Å². The van der Waals surface area contributed by atoms with Crippen LogP contribution in [0.3, 0.4) is 0 Å². The van der Waals surface area contributed by atoms with Crippen LogP contribution in [0.2, 0.25) is 0 Å². The molecule has 6 heteroatoms. The molecule has 0 aliphatic rings. The highest BCUT2D eigenvalue weighted by atomic mass is 16.2. The molecule has 0 aromatic carbocycles. The molecule has 2 rings (SSSR count). The van der Waals surface area contributed by atoms with Gasteiger partial charge in [-0.1, -0.05) is 19.1 Å². The standard InChI is InChI=1S/C18H22N4O2/c1-2-17(23)14-22(13-16-6-4-8-20-11-16)18(24)12-21-10-15-5-3-7-19-9-15/h3-9,11,21H,2,10,12-14H2,1H3. The van der Waals surface area contributed by atoms with Gasteiger partial charge >= 0.3 is 0 Å². The minimum atomic E-state index is -0.107. The molecule has 0 saturated carbocycles. The van der Waals surface area contributed by atoms with Crippen LogP contribution in [0.25, 0.3) is 0 Å². The summed E-state index contributed by atoms with van der Waals surface area (Å²) < 4.78 is 0. The highest BCUT2D eigenvalue weighted by molar-refractivity contribution is 5.86. The largest absolute Gasteiger partial charge is 0.330 e. The Morgan fingerprint density at radius 1 is 1.08 bits per heavy atom. The second-order valence-corrected chi connectivity index (χ2v) is 5.47. The Labute approximate surface area is 141 Å². The molecule has 2 aromatic rings. The molecule has 1 amide bonds. The molecule has 0 unspecified atom stereocenters. The monoisotopic (exact) mass is 326 g/mol. The molecule has 24 heavy (non-hydrogen) atoms. The lowest BCUT2D eigenvalue weighted by atomic mass is 10.2. The minimum absolute atomic E-state index is 0.0412. The van der Waals surface area contributed by atoms with Crippen molar-refractivity contribution in [2.45, 2.75) is 26.4 Å². The zero-order chi connectivity index (χ0) is 17.2. The number of hydrogen-bond donors (Lipinski definition) is 1. The Morgan fingerprint density at radius 3 is 2.33 bits per heavy atom. The molecule has 0 aliphatic heterocycles. The van der Waals surface area contributed by atoms with Crippen LogP contribution in [0, 0.1) is 0 Å². The quantitative estimate of drug-likeness (QED) is 0.757. The molecule has 0 atom stereocenters. The first-order valence-electron chi connectivity index (χ1n) is 7.97. The van der Waals surface area contributed by atoms with E-state index in [1.807, 2.05) is 24.3 Å². The van der Waals surface area contributed by atoms with Crippen molar-refractivity contribution in [2.75, 3.05) is 13.1 Å². The van der Waals surface area contributed by atoms with Gasteiger partial charge in [-0.05, 0) is 23.3 Å². The van der Waals surface area contributed by atoms with E-state index in [1.54, 1.807) is 36.6 Å². The molecule has 0 saturated heterocycles. The van der Waals surface area contributed by atoms with Gasteiger partial charge in [-0.3, -0.25) is 19.6 Å². The summed E-state index contributed by atoms with van der Waals surface area (Å²) in [6, 6.07) is 7.51. The summed E-state index contributed by atoms with van der Waals surface area (Å²) in [5.41, 5.74) is 1.91. The predicted molar refractivity (Wildman–Crippen MR) is 90.9 cm³/mol. The Hall–Kier alpha value is -2.60. The maximum atomic E-state index is 12.5. The van der Waals surface area contributed by atoms with Crippen LogP contribution < -0.4 is 5.32 Å². The van der Waals surface area contributed by atoms with E-state index in [2.05, 4.69) is 15.3 Å². The van der Waals surface area contributed by atoms with Gasteiger partial charge in [0.05, 0.1) is 13.1 Å². The number of carbonyl (C=O) groups excluding carboxylic acids is 2. The summed E-state index contributed by atoms with van der Waals surface area (Å²) in [5, 5.41) is 3.10. The molecule has 1 N–H and O–H groups in total. The van der Waals surface area contributed by atoms with E-state index in [1.165, 1.54) is 0 Å². The fourth-order valence-corrected chi connectivity index (χ4v) is 2.20. The molecule has 0 fully saturated rings. The van der Waals surface area contributed by atoms with E-state index in [9.17, 15) is 9.59 Å². The Kier molecular flexibility index (Phi) is 7.04. The predicted octanol–water partition coefficient (Wildman–Crippen LogP) is 1.57. The lowest BCUT2D eigenvalue weighted by molar-refractivity contribution is -0.135. The number of ketones is 1. The van der Waals surface area contributed by atoms with Gasteiger partial charge in [0.15, 0.2) is 5.78 Å². The van der Waals surface area contributed by atoms with Crippen LogP contribution in [0.1, 0.15) is 24.5 Å². The minimum Gasteiger partial charge on any atom is -0.330 e. The average molecular weight is 326 g/mol. The molecule has 6 nitrogen and oxygen atoms in total. The SMILES string of the molecule is CCC(=O)CN(Cc1cccnc1)C(=O)CNCc1cccnc1. The van der Waals surface area contributed by atoms with Crippen LogP contribution in [0.15, 0.2) is 49.1 Å². The lowest BCUT2D eigenvalue weighted by Crippen LogP contribution is -2.40. The smallest absolute Gasteiger partial charge is 0.237 e. The van der Waals surface area contributed by atoms with Gasteiger partial charge in [0.1, 0.15) is 0 Å². The van der Waals surface area contributed by atoms with Gasteiger partial charge in [0, 0.05) is 44.3 Å². The molecular weight excluding hydrogens is 304 g/mol. The number of Topliss-reactive ketones (excluding diaryl/α,β-unsaturated/α-hetero) is 1. The van der Waals surface area contributed by atoms with Crippen molar-refractivity contribution < 1.29 is 9.59 Å². The first-order chi connectivity index (χ1) is 11.7. The van der Waals surface area contributed by atoms with Crippen LogP contribution >= 0.6 is 0 Å². The van der Waals surface area contributed by atoms with Crippen molar-refractivity contribution in [2.24, 2.45) is 0 Å². The summed E-state index contributed by atoms with van der Waals surface area (Å²) in [5.74, 6) is -0.0657. The first kappa shape index (κ1) is 17.7. The number of carbonyl (C=O) groups is 2. The molecule has 2 aromatic heterocycles. The summed E-state index contributed by atoms with van der Waals surface area (Å²) in [4.78, 5) is 33.9. The van der Waals surface area contributed by atoms with Crippen molar-refractivity contribution in [3.63, 3.8) is 0 Å². The molecule has 2 heterocycles. The van der Waals surface area contributed by atoms with Crippen molar-refractivity contribution in [1.82, 2.24) is 20.2 Å². The summed E-state index contributed by atoms with van der Waals surface area (Å²) in [6.45, 7) is 3.04. The van der Waals surface area contributed by atoms with Crippen molar-refractivity contribution in [3.8, 4) is 0 Å².